The molecule has 138 valence electrons. The number of benzene rings is 1. The molecule has 3 nitrogen and oxygen atoms in total. The lowest BCUT2D eigenvalue weighted by molar-refractivity contribution is 0.292. The van der Waals surface area contributed by atoms with Gasteiger partial charge in [0.05, 0.1) is 0 Å². The van der Waals surface area contributed by atoms with E-state index in [4.69, 9.17) is 12.2 Å². The summed E-state index contributed by atoms with van der Waals surface area (Å²) < 4.78 is 14.3. The lowest BCUT2D eigenvalue weighted by Crippen LogP contribution is -2.43. The normalized spacial score (nSPS) is 16.1. The van der Waals surface area contributed by atoms with Crippen molar-refractivity contribution in [1.29, 1.82) is 0 Å². The molecular formula is C20H23BrFN3S. The van der Waals surface area contributed by atoms with Gasteiger partial charge in [-0.25, -0.2) is 9.37 Å². The number of rotatable bonds is 4. The largest absolute Gasteiger partial charge is 0.362 e. The quantitative estimate of drug-likeness (QED) is 0.623. The molecule has 3 rings (SSSR count). The van der Waals surface area contributed by atoms with E-state index in [1.54, 1.807) is 18.3 Å². The topological polar surface area (TPSA) is 37.0 Å². The molecule has 1 aromatic heterocycles. The van der Waals surface area contributed by atoms with Gasteiger partial charge in [0.2, 0.25) is 0 Å². The van der Waals surface area contributed by atoms with Crippen molar-refractivity contribution in [3.63, 3.8) is 0 Å². The van der Waals surface area contributed by atoms with Gasteiger partial charge in [0.15, 0.2) is 5.11 Å². The van der Waals surface area contributed by atoms with Crippen LogP contribution in [0.5, 0.6) is 0 Å². The number of hydrogen-bond acceptors (Lipinski definition) is 2. The minimum absolute atomic E-state index is 0.000120. The third kappa shape index (κ3) is 4.60. The zero-order chi connectivity index (χ0) is 18.6. The van der Waals surface area contributed by atoms with Crippen molar-refractivity contribution in [3.05, 3.63) is 57.9 Å². The summed E-state index contributed by atoms with van der Waals surface area (Å²) in [5, 5.41) is 7.12. The first-order chi connectivity index (χ1) is 12.5. The smallest absolute Gasteiger partial charge is 0.171 e. The zero-order valence-electron chi connectivity index (χ0n) is 14.8. The van der Waals surface area contributed by atoms with E-state index in [1.165, 1.54) is 24.8 Å². The predicted molar refractivity (Wildman–Crippen MR) is 112 cm³/mol. The second kappa shape index (κ2) is 8.44. The van der Waals surface area contributed by atoms with Gasteiger partial charge in [0.1, 0.15) is 11.6 Å². The molecule has 1 fully saturated rings. The Morgan fingerprint density at radius 3 is 2.58 bits per heavy atom. The van der Waals surface area contributed by atoms with Crippen molar-refractivity contribution in [3.8, 4) is 0 Å². The van der Waals surface area contributed by atoms with E-state index in [9.17, 15) is 4.39 Å². The Bertz CT molecular complexity index is 773. The highest BCUT2D eigenvalue weighted by molar-refractivity contribution is 9.10. The van der Waals surface area contributed by atoms with Crippen LogP contribution in [0.15, 0.2) is 41.0 Å². The van der Waals surface area contributed by atoms with Crippen LogP contribution in [0, 0.1) is 12.7 Å². The summed E-state index contributed by atoms with van der Waals surface area (Å²) in [6.07, 6.45) is 7.56. The number of pyridine rings is 1. The number of aromatic nitrogens is 1. The van der Waals surface area contributed by atoms with Crippen molar-refractivity contribution in [2.24, 2.45) is 0 Å². The Hall–Kier alpha value is -1.53. The minimum atomic E-state index is -0.193. The summed E-state index contributed by atoms with van der Waals surface area (Å²) in [7, 11) is 0. The SMILES string of the molecule is Cc1cc(Br)cnc1NC(=S)NCC1(c2ccc(F)cc2)CCCCC1. The number of nitrogens with one attached hydrogen (secondary N) is 2. The molecule has 0 spiro atoms. The molecule has 0 bridgehead atoms. The molecule has 0 aliphatic heterocycles. The van der Waals surface area contributed by atoms with Gasteiger partial charge in [-0.05, 0) is 77.2 Å². The van der Waals surface area contributed by atoms with Crippen LogP contribution in [-0.2, 0) is 5.41 Å². The van der Waals surface area contributed by atoms with Crippen LogP contribution >= 0.6 is 28.1 Å². The van der Waals surface area contributed by atoms with E-state index in [-0.39, 0.29) is 11.2 Å². The molecule has 6 heteroatoms. The average molecular weight is 436 g/mol. The highest BCUT2D eigenvalue weighted by atomic mass is 79.9. The fourth-order valence-corrected chi connectivity index (χ4v) is 4.29. The Morgan fingerprint density at radius 2 is 1.92 bits per heavy atom. The standard InChI is InChI=1S/C20H23BrFN3S/c1-14-11-16(21)12-23-18(14)25-19(26)24-13-20(9-3-2-4-10-20)15-5-7-17(22)8-6-15/h5-8,11-12H,2-4,9-10,13H2,1H3,(H2,23,24,25,26). The van der Waals surface area contributed by atoms with E-state index in [2.05, 4.69) is 31.5 Å². The summed E-state index contributed by atoms with van der Waals surface area (Å²) in [6, 6.07) is 8.94. The van der Waals surface area contributed by atoms with Crippen molar-refractivity contribution < 1.29 is 4.39 Å². The molecule has 0 radical (unpaired) electrons. The second-order valence-corrected chi connectivity index (χ2v) is 8.30. The fraction of sp³-hybridized carbons (Fsp3) is 0.400. The van der Waals surface area contributed by atoms with Crippen LogP contribution in [0.1, 0.15) is 43.2 Å². The number of hydrogen-bond donors (Lipinski definition) is 2. The van der Waals surface area contributed by atoms with E-state index in [0.717, 1.165) is 35.2 Å². The van der Waals surface area contributed by atoms with Gasteiger partial charge in [-0.15, -0.1) is 0 Å². The van der Waals surface area contributed by atoms with Crippen LogP contribution in [0.25, 0.3) is 0 Å². The molecule has 0 saturated heterocycles. The summed E-state index contributed by atoms with van der Waals surface area (Å²) >= 11 is 8.90. The van der Waals surface area contributed by atoms with Crippen LogP contribution in [-0.4, -0.2) is 16.6 Å². The zero-order valence-corrected chi connectivity index (χ0v) is 17.2. The first-order valence-electron chi connectivity index (χ1n) is 8.92. The third-order valence-corrected chi connectivity index (χ3v) is 5.81. The highest BCUT2D eigenvalue weighted by Crippen LogP contribution is 2.39. The number of nitrogens with zero attached hydrogens (tertiary/aromatic N) is 1. The predicted octanol–water partition coefficient (Wildman–Crippen LogP) is 5.48. The molecule has 1 aliphatic carbocycles. The first-order valence-corrected chi connectivity index (χ1v) is 10.1. The lowest BCUT2D eigenvalue weighted by atomic mass is 9.69. The fourth-order valence-electron chi connectivity index (χ4n) is 3.67. The first kappa shape index (κ1) is 19.2. The van der Waals surface area contributed by atoms with Crippen molar-refractivity contribution in [2.75, 3.05) is 11.9 Å². The second-order valence-electron chi connectivity index (χ2n) is 6.97. The van der Waals surface area contributed by atoms with Crippen molar-refractivity contribution in [1.82, 2.24) is 10.3 Å². The molecule has 0 amide bonds. The summed E-state index contributed by atoms with van der Waals surface area (Å²) in [4.78, 5) is 4.37. The lowest BCUT2D eigenvalue weighted by Gasteiger charge is -2.38. The van der Waals surface area contributed by atoms with Gasteiger partial charge in [-0.1, -0.05) is 31.4 Å². The van der Waals surface area contributed by atoms with Crippen molar-refractivity contribution in [2.45, 2.75) is 44.4 Å². The molecule has 1 heterocycles. The Balaban J connectivity index is 1.69. The van der Waals surface area contributed by atoms with Crippen LogP contribution < -0.4 is 10.6 Å². The molecule has 2 aromatic rings. The van der Waals surface area contributed by atoms with E-state index in [0.29, 0.717) is 5.11 Å². The monoisotopic (exact) mass is 435 g/mol. The minimum Gasteiger partial charge on any atom is -0.362 e. The van der Waals surface area contributed by atoms with Gasteiger partial charge < -0.3 is 10.6 Å². The third-order valence-electron chi connectivity index (χ3n) is 5.13. The van der Waals surface area contributed by atoms with Crippen molar-refractivity contribution >= 4 is 39.1 Å². The van der Waals surface area contributed by atoms with Gasteiger partial charge >= 0.3 is 0 Å². The molecule has 0 unspecified atom stereocenters. The summed E-state index contributed by atoms with van der Waals surface area (Å²) in [5.41, 5.74) is 2.21. The highest BCUT2D eigenvalue weighted by Gasteiger charge is 2.34. The van der Waals surface area contributed by atoms with Gasteiger partial charge in [-0.2, -0.15) is 0 Å². The molecular weight excluding hydrogens is 413 g/mol. The van der Waals surface area contributed by atoms with Gasteiger partial charge in [0.25, 0.3) is 0 Å². The number of thiocarbonyl (C=S) groups is 1. The van der Waals surface area contributed by atoms with Gasteiger partial charge in [-0.3, -0.25) is 0 Å². The Morgan fingerprint density at radius 1 is 1.23 bits per heavy atom. The molecule has 2 N–H and O–H groups in total. The Kier molecular flexibility index (Phi) is 6.24. The number of halogens is 2. The summed E-state index contributed by atoms with van der Waals surface area (Å²) in [6.45, 7) is 2.73. The molecule has 26 heavy (non-hydrogen) atoms. The van der Waals surface area contributed by atoms with Crippen LogP contribution in [0.2, 0.25) is 0 Å². The van der Waals surface area contributed by atoms with Crippen LogP contribution in [0.4, 0.5) is 10.2 Å². The van der Waals surface area contributed by atoms with Crippen LogP contribution in [0.3, 0.4) is 0 Å². The van der Waals surface area contributed by atoms with E-state index >= 15 is 0 Å². The Labute approximate surface area is 167 Å². The average Bonchev–Trinajstić information content (AvgIpc) is 2.64. The van der Waals surface area contributed by atoms with E-state index in [1.807, 2.05) is 25.1 Å². The van der Waals surface area contributed by atoms with Gasteiger partial charge in [0, 0.05) is 22.6 Å². The molecule has 0 atom stereocenters. The molecule has 1 saturated carbocycles. The molecule has 1 aromatic carbocycles. The van der Waals surface area contributed by atoms with E-state index < -0.39 is 0 Å². The number of anilines is 1. The number of aryl methyl sites for hydroxylation is 1. The molecule has 1 aliphatic rings. The maximum Gasteiger partial charge on any atom is 0.171 e. The maximum absolute atomic E-state index is 13.3. The maximum atomic E-state index is 13.3. The summed E-state index contributed by atoms with van der Waals surface area (Å²) in [5.74, 6) is 0.562.